The number of hydrogen-bond acceptors (Lipinski definition) is 6. The summed E-state index contributed by atoms with van der Waals surface area (Å²) in [6, 6.07) is 18.4. The molecule has 0 bridgehead atoms. The van der Waals surface area contributed by atoms with Crippen LogP contribution in [0.1, 0.15) is 12.0 Å². The SMILES string of the molecule is O=S(=O)(Cc1ccccc1)Nc1ccc(-c2ccc3nc(N[C@@H]4CNC[C@@H](F)C4)ncc3c2)cc1F. The highest BCUT2D eigenvalue weighted by molar-refractivity contribution is 7.91. The lowest BCUT2D eigenvalue weighted by Crippen LogP contribution is -2.44. The minimum Gasteiger partial charge on any atom is -0.350 e. The third kappa shape index (κ3) is 5.77. The molecule has 1 aliphatic heterocycles. The Hall–Kier alpha value is -3.63. The number of nitrogens with zero attached hydrogens (tertiary/aromatic N) is 2. The normalized spacial score (nSPS) is 18.2. The Labute approximate surface area is 208 Å². The topological polar surface area (TPSA) is 96.0 Å². The fraction of sp³-hybridized carbons (Fsp3) is 0.231. The van der Waals surface area contributed by atoms with Crippen molar-refractivity contribution in [3.63, 3.8) is 0 Å². The van der Waals surface area contributed by atoms with Gasteiger partial charge in [0.15, 0.2) is 0 Å². The number of fused-ring (bicyclic) bond motifs is 1. The first kappa shape index (κ1) is 24.1. The molecule has 1 saturated heterocycles. The Morgan fingerprint density at radius 2 is 1.78 bits per heavy atom. The van der Waals surface area contributed by atoms with Gasteiger partial charge in [0.05, 0.1) is 17.0 Å². The van der Waals surface area contributed by atoms with Gasteiger partial charge in [-0.05, 0) is 41.0 Å². The number of anilines is 2. The summed E-state index contributed by atoms with van der Waals surface area (Å²) in [6.45, 7) is 1.01. The zero-order valence-corrected chi connectivity index (χ0v) is 20.1. The van der Waals surface area contributed by atoms with Gasteiger partial charge < -0.3 is 10.6 Å². The van der Waals surface area contributed by atoms with Gasteiger partial charge in [-0.25, -0.2) is 27.2 Å². The van der Waals surface area contributed by atoms with Crippen LogP contribution in [-0.2, 0) is 15.8 Å². The van der Waals surface area contributed by atoms with Crippen molar-refractivity contribution in [2.24, 2.45) is 0 Å². The molecule has 0 amide bonds. The Morgan fingerprint density at radius 1 is 1.00 bits per heavy atom. The van der Waals surface area contributed by atoms with E-state index in [1.165, 1.54) is 12.1 Å². The van der Waals surface area contributed by atoms with Gasteiger partial charge in [-0.2, -0.15) is 0 Å². The second-order valence-electron chi connectivity index (χ2n) is 8.84. The fourth-order valence-corrected chi connectivity index (χ4v) is 5.44. The van der Waals surface area contributed by atoms with E-state index in [1.54, 1.807) is 42.6 Å². The summed E-state index contributed by atoms with van der Waals surface area (Å²) in [5, 5.41) is 6.96. The van der Waals surface area contributed by atoms with Crippen molar-refractivity contribution in [2.75, 3.05) is 23.1 Å². The molecule has 0 unspecified atom stereocenters. The highest BCUT2D eigenvalue weighted by Crippen LogP contribution is 2.28. The average molecular weight is 510 g/mol. The van der Waals surface area contributed by atoms with E-state index < -0.39 is 22.0 Å². The molecule has 2 atom stereocenters. The predicted octanol–water partition coefficient (Wildman–Crippen LogP) is 4.49. The summed E-state index contributed by atoms with van der Waals surface area (Å²) < 4.78 is 55.7. The molecular formula is C26H25F2N5O2S. The number of piperidine rings is 1. The molecule has 1 fully saturated rings. The van der Waals surface area contributed by atoms with E-state index in [-0.39, 0.29) is 17.5 Å². The minimum absolute atomic E-state index is 0.0860. The highest BCUT2D eigenvalue weighted by Gasteiger charge is 2.21. The largest absolute Gasteiger partial charge is 0.350 e. The Kier molecular flexibility index (Phi) is 6.80. The maximum atomic E-state index is 14.8. The molecule has 1 aromatic heterocycles. The monoisotopic (exact) mass is 509 g/mol. The van der Waals surface area contributed by atoms with E-state index in [0.717, 1.165) is 10.9 Å². The second-order valence-corrected chi connectivity index (χ2v) is 10.6. The molecule has 36 heavy (non-hydrogen) atoms. The Morgan fingerprint density at radius 3 is 2.56 bits per heavy atom. The van der Waals surface area contributed by atoms with Gasteiger partial charge in [-0.3, -0.25) is 4.72 Å². The second kappa shape index (κ2) is 10.2. The van der Waals surface area contributed by atoms with Crippen LogP contribution in [0.15, 0.2) is 72.9 Å². The maximum absolute atomic E-state index is 14.8. The smallest absolute Gasteiger partial charge is 0.237 e. The minimum atomic E-state index is -3.77. The first-order chi connectivity index (χ1) is 17.3. The lowest BCUT2D eigenvalue weighted by molar-refractivity contribution is 0.254. The van der Waals surface area contributed by atoms with Crippen LogP contribution in [0.4, 0.5) is 20.4 Å². The average Bonchev–Trinajstić information content (AvgIpc) is 2.85. The molecule has 186 valence electrons. The van der Waals surface area contributed by atoms with E-state index in [2.05, 4.69) is 25.3 Å². The first-order valence-electron chi connectivity index (χ1n) is 11.6. The summed E-state index contributed by atoms with van der Waals surface area (Å²) in [6.07, 6.45) is 1.17. The summed E-state index contributed by atoms with van der Waals surface area (Å²) in [5.74, 6) is -0.496. The van der Waals surface area contributed by atoms with Gasteiger partial charge in [-0.1, -0.05) is 42.5 Å². The molecule has 1 aliphatic rings. The van der Waals surface area contributed by atoms with Crippen molar-refractivity contribution in [3.8, 4) is 11.1 Å². The van der Waals surface area contributed by atoms with Crippen LogP contribution >= 0.6 is 0 Å². The van der Waals surface area contributed by atoms with E-state index in [0.29, 0.717) is 42.1 Å². The number of sulfonamides is 1. The molecule has 3 aromatic carbocycles. The summed E-state index contributed by atoms with van der Waals surface area (Å²) in [7, 11) is -3.77. The Bertz CT molecular complexity index is 1480. The zero-order chi connectivity index (χ0) is 25.1. The third-order valence-corrected chi connectivity index (χ3v) is 7.22. The van der Waals surface area contributed by atoms with Crippen molar-refractivity contribution in [2.45, 2.75) is 24.4 Å². The Balaban J connectivity index is 1.31. The zero-order valence-electron chi connectivity index (χ0n) is 19.3. The van der Waals surface area contributed by atoms with E-state index in [9.17, 15) is 17.2 Å². The van der Waals surface area contributed by atoms with Crippen LogP contribution in [0.3, 0.4) is 0 Å². The molecule has 7 nitrogen and oxygen atoms in total. The van der Waals surface area contributed by atoms with Gasteiger partial charge in [0.25, 0.3) is 0 Å². The summed E-state index contributed by atoms with van der Waals surface area (Å²) >= 11 is 0. The number of benzene rings is 3. The van der Waals surface area contributed by atoms with Gasteiger partial charge >= 0.3 is 0 Å². The van der Waals surface area contributed by atoms with Crippen molar-refractivity contribution >= 4 is 32.6 Å². The maximum Gasteiger partial charge on any atom is 0.237 e. The van der Waals surface area contributed by atoms with Gasteiger partial charge in [0, 0.05) is 37.1 Å². The number of alkyl halides is 1. The number of hydrogen-bond donors (Lipinski definition) is 3. The molecule has 10 heteroatoms. The van der Waals surface area contributed by atoms with Crippen LogP contribution in [0.2, 0.25) is 0 Å². The standard InChI is InChI=1S/C26H25F2N5O2S/c27-21-12-22(15-29-14-21)31-26-30-13-20-10-18(6-8-24(20)32-26)19-7-9-25(23(28)11-19)33-36(34,35)16-17-4-2-1-3-5-17/h1-11,13,21-22,29,33H,12,14-16H2,(H,30,31,32)/t21-,22-/m0/s1. The molecule has 0 saturated carbocycles. The molecule has 0 aliphatic carbocycles. The van der Waals surface area contributed by atoms with Crippen LogP contribution in [0.5, 0.6) is 0 Å². The van der Waals surface area contributed by atoms with E-state index in [1.807, 2.05) is 18.2 Å². The van der Waals surface area contributed by atoms with Crippen molar-refractivity contribution in [1.29, 1.82) is 0 Å². The summed E-state index contributed by atoms with van der Waals surface area (Å²) in [5.41, 5.74) is 2.52. The fourth-order valence-electron chi connectivity index (χ4n) is 4.24. The third-order valence-electron chi connectivity index (χ3n) is 5.98. The lowest BCUT2D eigenvalue weighted by atomic mass is 10.0. The van der Waals surface area contributed by atoms with Crippen molar-refractivity contribution in [1.82, 2.24) is 15.3 Å². The van der Waals surface area contributed by atoms with Crippen LogP contribution in [0.25, 0.3) is 22.0 Å². The van der Waals surface area contributed by atoms with Gasteiger partial charge in [-0.15, -0.1) is 0 Å². The lowest BCUT2D eigenvalue weighted by Gasteiger charge is -2.26. The van der Waals surface area contributed by atoms with Crippen molar-refractivity contribution in [3.05, 3.63) is 84.3 Å². The van der Waals surface area contributed by atoms with E-state index in [4.69, 9.17) is 0 Å². The van der Waals surface area contributed by atoms with Crippen LogP contribution in [0, 0.1) is 5.82 Å². The highest BCUT2D eigenvalue weighted by atomic mass is 32.2. The van der Waals surface area contributed by atoms with Crippen molar-refractivity contribution < 1.29 is 17.2 Å². The van der Waals surface area contributed by atoms with Crippen LogP contribution in [-0.4, -0.2) is 43.7 Å². The molecule has 4 aromatic rings. The van der Waals surface area contributed by atoms with Gasteiger partial charge in [0.1, 0.15) is 12.0 Å². The number of halogens is 2. The van der Waals surface area contributed by atoms with Crippen LogP contribution < -0.4 is 15.4 Å². The number of nitrogens with one attached hydrogen (secondary N) is 3. The predicted molar refractivity (Wildman–Crippen MR) is 137 cm³/mol. The molecule has 5 rings (SSSR count). The van der Waals surface area contributed by atoms with Gasteiger partial charge in [0.2, 0.25) is 16.0 Å². The number of aromatic nitrogens is 2. The first-order valence-corrected chi connectivity index (χ1v) is 13.2. The van der Waals surface area contributed by atoms with E-state index >= 15 is 0 Å². The molecular weight excluding hydrogens is 484 g/mol. The summed E-state index contributed by atoms with van der Waals surface area (Å²) in [4.78, 5) is 8.86. The molecule has 0 radical (unpaired) electrons. The molecule has 0 spiro atoms. The number of rotatable bonds is 7. The molecule has 3 N–H and O–H groups in total. The molecule has 2 heterocycles. The quantitative estimate of drug-likeness (QED) is 0.340.